The first-order chi connectivity index (χ1) is 14.0. The Balaban J connectivity index is 1.26. The van der Waals surface area contributed by atoms with Gasteiger partial charge in [-0.05, 0) is 68.8 Å². The standard InChI is InChI=1S/C23H33FN2O3/c1-29-14-19-11-16(7-10-26(19)15-23(22(27)28)8-2-9-23)13-25-21-12-20(21)17-3-5-18(24)6-4-17/h3-6,16,19-21,25H,2,7-15H2,1H3,(H,27,28)/t16?,19?,20-,21+/m0/s1. The summed E-state index contributed by atoms with van der Waals surface area (Å²) in [5.41, 5.74) is 0.684. The summed E-state index contributed by atoms with van der Waals surface area (Å²) in [5.74, 6) is 0.272. The first-order valence-corrected chi connectivity index (χ1v) is 11.0. The molecule has 160 valence electrons. The summed E-state index contributed by atoms with van der Waals surface area (Å²) in [7, 11) is 1.73. The summed E-state index contributed by atoms with van der Waals surface area (Å²) in [6.45, 7) is 3.25. The van der Waals surface area contributed by atoms with Crippen molar-refractivity contribution in [1.82, 2.24) is 10.2 Å². The van der Waals surface area contributed by atoms with Gasteiger partial charge in [-0.1, -0.05) is 18.6 Å². The van der Waals surface area contributed by atoms with Crippen LogP contribution in [0.25, 0.3) is 0 Å². The van der Waals surface area contributed by atoms with Crippen molar-refractivity contribution in [3.8, 4) is 0 Å². The van der Waals surface area contributed by atoms with Gasteiger partial charge in [0.2, 0.25) is 0 Å². The number of carboxylic acids is 1. The summed E-state index contributed by atoms with van der Waals surface area (Å²) in [4.78, 5) is 14.1. The summed E-state index contributed by atoms with van der Waals surface area (Å²) in [6, 6.07) is 7.67. The SMILES string of the molecule is COCC1CC(CN[C@@H]2C[C@H]2c2ccc(F)cc2)CCN1CC1(C(=O)O)CCC1. The van der Waals surface area contributed by atoms with Crippen molar-refractivity contribution in [2.24, 2.45) is 11.3 Å². The molecule has 6 heteroatoms. The van der Waals surface area contributed by atoms with Gasteiger partial charge in [0.15, 0.2) is 0 Å². The molecule has 2 saturated carbocycles. The fraction of sp³-hybridized carbons (Fsp3) is 0.696. The zero-order valence-corrected chi connectivity index (χ0v) is 17.3. The Labute approximate surface area is 172 Å². The van der Waals surface area contributed by atoms with Gasteiger partial charge in [-0.15, -0.1) is 0 Å². The molecule has 0 radical (unpaired) electrons. The fourth-order valence-corrected chi connectivity index (χ4v) is 5.19. The van der Waals surface area contributed by atoms with Crippen molar-refractivity contribution in [2.45, 2.75) is 56.5 Å². The molecule has 0 bridgehead atoms. The summed E-state index contributed by atoms with van der Waals surface area (Å²) in [6.07, 6.45) is 5.89. The van der Waals surface area contributed by atoms with Crippen molar-refractivity contribution < 1.29 is 19.0 Å². The highest BCUT2D eigenvalue weighted by atomic mass is 19.1. The molecule has 1 heterocycles. The monoisotopic (exact) mass is 404 g/mol. The average molecular weight is 405 g/mol. The van der Waals surface area contributed by atoms with E-state index in [0.717, 1.165) is 51.6 Å². The number of carbonyl (C=O) groups is 1. The Kier molecular flexibility index (Phi) is 6.23. The fourth-order valence-electron chi connectivity index (χ4n) is 5.19. The third-order valence-corrected chi connectivity index (χ3v) is 7.33. The number of benzene rings is 1. The maximum Gasteiger partial charge on any atom is 0.310 e. The minimum absolute atomic E-state index is 0.179. The molecule has 1 aromatic carbocycles. The Morgan fingerprint density at radius 3 is 2.69 bits per heavy atom. The lowest BCUT2D eigenvalue weighted by molar-refractivity contribution is -0.157. The predicted octanol–water partition coefficient (Wildman–Crippen LogP) is 3.25. The molecule has 4 rings (SSSR count). The smallest absolute Gasteiger partial charge is 0.310 e. The lowest BCUT2D eigenvalue weighted by Gasteiger charge is -2.46. The van der Waals surface area contributed by atoms with Gasteiger partial charge in [-0.3, -0.25) is 9.69 Å². The zero-order chi connectivity index (χ0) is 20.4. The number of piperidine rings is 1. The van der Waals surface area contributed by atoms with E-state index >= 15 is 0 Å². The maximum absolute atomic E-state index is 13.1. The molecule has 4 atom stereocenters. The number of ether oxygens (including phenoxy) is 1. The van der Waals surface area contributed by atoms with Crippen molar-refractivity contribution in [3.05, 3.63) is 35.6 Å². The van der Waals surface area contributed by atoms with Crippen LogP contribution >= 0.6 is 0 Å². The Morgan fingerprint density at radius 2 is 2.07 bits per heavy atom. The molecule has 29 heavy (non-hydrogen) atoms. The van der Waals surface area contributed by atoms with Crippen LogP contribution in [0, 0.1) is 17.2 Å². The van der Waals surface area contributed by atoms with Crippen LogP contribution in [0.4, 0.5) is 4.39 Å². The molecule has 2 N–H and O–H groups in total. The molecule has 0 amide bonds. The normalized spacial score (nSPS) is 31.2. The van der Waals surface area contributed by atoms with Crippen molar-refractivity contribution >= 4 is 5.97 Å². The highest BCUT2D eigenvalue weighted by Crippen LogP contribution is 2.43. The van der Waals surface area contributed by atoms with E-state index in [4.69, 9.17) is 4.74 Å². The van der Waals surface area contributed by atoms with Crippen LogP contribution < -0.4 is 5.32 Å². The highest BCUT2D eigenvalue weighted by molar-refractivity contribution is 5.76. The number of rotatable bonds is 9. The van der Waals surface area contributed by atoms with Gasteiger partial charge >= 0.3 is 5.97 Å². The van der Waals surface area contributed by atoms with Gasteiger partial charge in [-0.25, -0.2) is 4.39 Å². The molecule has 0 aromatic heterocycles. The van der Waals surface area contributed by atoms with Gasteiger partial charge in [0.05, 0.1) is 12.0 Å². The Bertz CT molecular complexity index is 707. The van der Waals surface area contributed by atoms with Crippen molar-refractivity contribution in [3.63, 3.8) is 0 Å². The molecule has 1 aliphatic heterocycles. The molecule has 1 saturated heterocycles. The lowest BCUT2D eigenvalue weighted by Crippen LogP contribution is -2.54. The second kappa shape index (κ2) is 8.70. The number of likely N-dealkylation sites (tertiary alicyclic amines) is 1. The van der Waals surface area contributed by atoms with Crippen LogP contribution in [-0.2, 0) is 9.53 Å². The number of nitrogens with one attached hydrogen (secondary N) is 1. The van der Waals surface area contributed by atoms with E-state index in [1.807, 2.05) is 12.1 Å². The number of methoxy groups -OCH3 is 1. The summed E-state index contributed by atoms with van der Waals surface area (Å²) >= 11 is 0. The topological polar surface area (TPSA) is 61.8 Å². The molecule has 3 aliphatic rings. The van der Waals surface area contributed by atoms with Crippen LogP contribution in [0.1, 0.15) is 50.0 Å². The van der Waals surface area contributed by atoms with Crippen molar-refractivity contribution in [2.75, 3.05) is 33.4 Å². The molecule has 2 aliphatic carbocycles. The first-order valence-electron chi connectivity index (χ1n) is 11.0. The van der Waals surface area contributed by atoms with Crippen LogP contribution in [-0.4, -0.2) is 61.4 Å². The van der Waals surface area contributed by atoms with Crippen molar-refractivity contribution in [1.29, 1.82) is 0 Å². The van der Waals surface area contributed by atoms with Gasteiger partial charge < -0.3 is 15.2 Å². The molecule has 3 fully saturated rings. The highest BCUT2D eigenvalue weighted by Gasteiger charge is 2.47. The number of hydrogen-bond acceptors (Lipinski definition) is 4. The average Bonchev–Trinajstić information content (AvgIpc) is 3.44. The summed E-state index contributed by atoms with van der Waals surface area (Å²) < 4.78 is 18.6. The second-order valence-electron chi connectivity index (χ2n) is 9.32. The largest absolute Gasteiger partial charge is 0.481 e. The molecule has 1 aromatic rings. The molecule has 2 unspecified atom stereocenters. The van der Waals surface area contributed by atoms with Crippen LogP contribution in [0.5, 0.6) is 0 Å². The van der Waals surface area contributed by atoms with Gasteiger partial charge in [0, 0.05) is 31.7 Å². The molecular weight excluding hydrogens is 371 g/mol. The van der Waals surface area contributed by atoms with E-state index in [-0.39, 0.29) is 5.82 Å². The minimum Gasteiger partial charge on any atom is -0.481 e. The molecule has 0 spiro atoms. The van der Waals surface area contributed by atoms with E-state index in [9.17, 15) is 14.3 Å². The van der Waals surface area contributed by atoms with E-state index < -0.39 is 11.4 Å². The summed E-state index contributed by atoms with van der Waals surface area (Å²) in [5, 5.41) is 13.4. The van der Waals surface area contributed by atoms with Crippen LogP contribution in [0.3, 0.4) is 0 Å². The maximum atomic E-state index is 13.1. The molecule has 5 nitrogen and oxygen atoms in total. The number of carboxylic acid groups (broad SMARTS) is 1. The van der Waals surface area contributed by atoms with Gasteiger partial charge in [0.1, 0.15) is 5.82 Å². The third-order valence-electron chi connectivity index (χ3n) is 7.33. The van der Waals surface area contributed by atoms with E-state index in [0.29, 0.717) is 37.1 Å². The Hall–Kier alpha value is -1.50. The minimum atomic E-state index is -0.635. The lowest BCUT2D eigenvalue weighted by atomic mass is 9.68. The van der Waals surface area contributed by atoms with Gasteiger partial charge in [0.25, 0.3) is 0 Å². The zero-order valence-electron chi connectivity index (χ0n) is 17.3. The third kappa shape index (κ3) is 4.65. The molecular formula is C23H33FN2O3. The van der Waals surface area contributed by atoms with E-state index in [1.54, 1.807) is 19.2 Å². The van der Waals surface area contributed by atoms with Crippen LogP contribution in [0.15, 0.2) is 24.3 Å². The predicted molar refractivity (Wildman–Crippen MR) is 109 cm³/mol. The number of aliphatic carboxylic acids is 1. The van der Waals surface area contributed by atoms with E-state index in [1.165, 1.54) is 5.56 Å². The second-order valence-corrected chi connectivity index (χ2v) is 9.32. The van der Waals surface area contributed by atoms with E-state index in [2.05, 4.69) is 10.2 Å². The quantitative estimate of drug-likeness (QED) is 0.662. The number of hydrogen-bond donors (Lipinski definition) is 2. The van der Waals surface area contributed by atoms with Gasteiger partial charge in [-0.2, -0.15) is 0 Å². The number of halogens is 1. The first kappa shape index (κ1) is 20.8. The van der Waals surface area contributed by atoms with Crippen LogP contribution in [0.2, 0.25) is 0 Å². The number of nitrogens with zero attached hydrogens (tertiary/aromatic N) is 1. The Morgan fingerprint density at radius 1 is 1.31 bits per heavy atom.